The van der Waals surface area contributed by atoms with Crippen LogP contribution in [-0.2, 0) is 12.8 Å². The zero-order chi connectivity index (χ0) is 18.9. The highest BCUT2D eigenvalue weighted by Gasteiger charge is 2.30. The number of anilines is 1. The molecule has 2 aromatic heterocycles. The van der Waals surface area contributed by atoms with Gasteiger partial charge in [-0.2, -0.15) is 4.98 Å². The van der Waals surface area contributed by atoms with Crippen LogP contribution in [0, 0.1) is 0 Å². The van der Waals surface area contributed by atoms with Gasteiger partial charge in [0.15, 0.2) is 0 Å². The molecule has 1 aromatic carbocycles. The summed E-state index contributed by atoms with van der Waals surface area (Å²) in [6, 6.07) is 7.40. The van der Waals surface area contributed by atoms with E-state index >= 15 is 0 Å². The molecule has 3 heterocycles. The number of hydrogen-bond donors (Lipinski definition) is 1. The summed E-state index contributed by atoms with van der Waals surface area (Å²) in [5, 5.41) is 7.12. The standard InChI is InChI=1S/C20H20N6O2/c27-20(26-9-7-14-11-21-12-22-16(14)8-10-26)23-17-4-2-1-3-15(17)18-24-19(28-25-18)13-5-6-13/h1-4,11-13H,5-10H2,(H,23,27). The molecule has 0 unspecified atom stereocenters. The maximum Gasteiger partial charge on any atom is 0.321 e. The van der Waals surface area contributed by atoms with Crippen molar-refractivity contribution in [2.24, 2.45) is 0 Å². The predicted octanol–water partition coefficient (Wildman–Crippen LogP) is 3.04. The molecule has 142 valence electrons. The normalized spacial score (nSPS) is 16.4. The van der Waals surface area contributed by atoms with E-state index in [0.717, 1.165) is 42.5 Å². The lowest BCUT2D eigenvalue weighted by Gasteiger charge is -2.21. The summed E-state index contributed by atoms with van der Waals surface area (Å²) in [5.41, 5.74) is 3.57. The van der Waals surface area contributed by atoms with Crippen molar-refractivity contribution >= 4 is 11.7 Å². The monoisotopic (exact) mass is 376 g/mol. The molecule has 0 radical (unpaired) electrons. The summed E-state index contributed by atoms with van der Waals surface area (Å²) in [6.45, 7) is 1.24. The molecule has 2 aliphatic rings. The number of hydrogen-bond acceptors (Lipinski definition) is 6. The van der Waals surface area contributed by atoms with E-state index in [-0.39, 0.29) is 6.03 Å². The van der Waals surface area contributed by atoms with Crippen LogP contribution in [0.1, 0.15) is 35.9 Å². The first kappa shape index (κ1) is 16.9. The number of carbonyl (C=O) groups excluding carboxylic acids is 1. The number of benzene rings is 1. The summed E-state index contributed by atoms with van der Waals surface area (Å²) in [4.78, 5) is 27.6. The Labute approximate surface area is 162 Å². The van der Waals surface area contributed by atoms with Crippen LogP contribution in [-0.4, -0.2) is 44.1 Å². The van der Waals surface area contributed by atoms with Gasteiger partial charge in [-0.05, 0) is 37.0 Å². The molecule has 0 atom stereocenters. The first-order chi connectivity index (χ1) is 13.8. The zero-order valence-electron chi connectivity index (χ0n) is 15.3. The molecule has 1 N–H and O–H groups in total. The number of fused-ring (bicyclic) bond motifs is 1. The topological polar surface area (TPSA) is 97.0 Å². The fourth-order valence-corrected chi connectivity index (χ4v) is 3.45. The van der Waals surface area contributed by atoms with Crippen molar-refractivity contribution in [1.29, 1.82) is 0 Å². The minimum Gasteiger partial charge on any atom is -0.339 e. The van der Waals surface area contributed by atoms with Crippen LogP contribution < -0.4 is 5.32 Å². The van der Waals surface area contributed by atoms with Gasteiger partial charge in [-0.15, -0.1) is 0 Å². The fraction of sp³-hybridized carbons (Fsp3) is 0.350. The summed E-state index contributed by atoms with van der Waals surface area (Å²) >= 11 is 0. The molecule has 1 fully saturated rings. The highest BCUT2D eigenvalue weighted by atomic mass is 16.5. The molecule has 0 spiro atoms. The van der Waals surface area contributed by atoms with Gasteiger partial charge < -0.3 is 14.7 Å². The van der Waals surface area contributed by atoms with E-state index in [4.69, 9.17) is 4.52 Å². The molecule has 1 aliphatic carbocycles. The van der Waals surface area contributed by atoms with E-state index in [1.54, 1.807) is 6.33 Å². The third kappa shape index (κ3) is 3.33. The van der Waals surface area contributed by atoms with E-state index < -0.39 is 0 Å². The highest BCUT2D eigenvalue weighted by molar-refractivity contribution is 5.93. The Morgan fingerprint density at radius 3 is 2.93 bits per heavy atom. The van der Waals surface area contributed by atoms with Crippen LogP contribution in [0.3, 0.4) is 0 Å². The van der Waals surface area contributed by atoms with E-state index in [1.807, 2.05) is 35.4 Å². The van der Waals surface area contributed by atoms with E-state index in [9.17, 15) is 4.79 Å². The quantitative estimate of drug-likeness (QED) is 0.755. The van der Waals surface area contributed by atoms with Crippen molar-refractivity contribution in [3.8, 4) is 11.4 Å². The Morgan fingerprint density at radius 2 is 2.04 bits per heavy atom. The van der Waals surface area contributed by atoms with E-state index in [0.29, 0.717) is 36.4 Å². The van der Waals surface area contributed by atoms with E-state index in [2.05, 4.69) is 25.4 Å². The smallest absolute Gasteiger partial charge is 0.321 e. The Kier molecular flexibility index (Phi) is 4.23. The lowest BCUT2D eigenvalue weighted by atomic mass is 10.1. The van der Waals surface area contributed by atoms with Crippen molar-refractivity contribution in [3.05, 3.63) is 53.9 Å². The number of nitrogens with one attached hydrogen (secondary N) is 1. The van der Waals surface area contributed by atoms with Crippen molar-refractivity contribution < 1.29 is 9.32 Å². The Bertz CT molecular complexity index is 986. The number of nitrogens with zero attached hydrogens (tertiary/aromatic N) is 5. The summed E-state index contributed by atoms with van der Waals surface area (Å²) in [7, 11) is 0. The van der Waals surface area contributed by atoms with E-state index in [1.165, 1.54) is 0 Å². The Balaban J connectivity index is 1.33. The Morgan fingerprint density at radius 1 is 1.18 bits per heavy atom. The molecular formula is C20H20N6O2. The van der Waals surface area contributed by atoms with Gasteiger partial charge in [0.2, 0.25) is 11.7 Å². The number of urea groups is 1. The molecule has 1 aliphatic heterocycles. The summed E-state index contributed by atoms with van der Waals surface area (Å²) in [5.74, 6) is 1.59. The first-order valence-electron chi connectivity index (χ1n) is 9.54. The Hall–Kier alpha value is -3.29. The largest absolute Gasteiger partial charge is 0.339 e. The second-order valence-electron chi connectivity index (χ2n) is 7.19. The van der Waals surface area contributed by atoms with Crippen LogP contribution in [0.25, 0.3) is 11.4 Å². The maximum atomic E-state index is 12.9. The molecule has 2 amide bonds. The number of rotatable bonds is 3. The molecule has 8 heteroatoms. The van der Waals surface area contributed by atoms with Crippen LogP contribution in [0.4, 0.5) is 10.5 Å². The van der Waals surface area contributed by atoms with Gasteiger partial charge in [-0.1, -0.05) is 17.3 Å². The average molecular weight is 376 g/mol. The molecule has 28 heavy (non-hydrogen) atoms. The van der Waals surface area contributed by atoms with Gasteiger partial charge >= 0.3 is 6.03 Å². The van der Waals surface area contributed by atoms with Crippen molar-refractivity contribution in [3.63, 3.8) is 0 Å². The van der Waals surface area contributed by atoms with Gasteiger partial charge in [0.25, 0.3) is 0 Å². The minimum absolute atomic E-state index is 0.140. The van der Waals surface area contributed by atoms with Crippen molar-refractivity contribution in [1.82, 2.24) is 25.0 Å². The number of amides is 2. The second kappa shape index (κ2) is 7.03. The third-order valence-electron chi connectivity index (χ3n) is 5.22. The van der Waals surface area contributed by atoms with Crippen molar-refractivity contribution in [2.75, 3.05) is 18.4 Å². The predicted molar refractivity (Wildman–Crippen MR) is 102 cm³/mol. The van der Waals surface area contributed by atoms with Crippen LogP contribution in [0.5, 0.6) is 0 Å². The molecule has 0 saturated heterocycles. The minimum atomic E-state index is -0.140. The summed E-state index contributed by atoms with van der Waals surface area (Å²) < 4.78 is 5.37. The highest BCUT2D eigenvalue weighted by Crippen LogP contribution is 2.40. The molecular weight excluding hydrogens is 356 g/mol. The van der Waals surface area contributed by atoms with Gasteiger partial charge in [0, 0.05) is 42.9 Å². The van der Waals surface area contributed by atoms with Gasteiger partial charge in [-0.25, -0.2) is 14.8 Å². The maximum absolute atomic E-state index is 12.9. The lowest BCUT2D eigenvalue weighted by molar-refractivity contribution is 0.214. The first-order valence-corrected chi connectivity index (χ1v) is 9.54. The van der Waals surface area contributed by atoms with Gasteiger partial charge in [0.1, 0.15) is 6.33 Å². The molecule has 3 aromatic rings. The van der Waals surface area contributed by atoms with Crippen molar-refractivity contribution in [2.45, 2.75) is 31.6 Å². The van der Waals surface area contributed by atoms with Gasteiger partial charge in [-0.3, -0.25) is 0 Å². The number of aromatic nitrogens is 4. The number of carbonyl (C=O) groups is 1. The number of para-hydroxylation sites is 1. The molecule has 0 bridgehead atoms. The van der Waals surface area contributed by atoms with Crippen LogP contribution in [0.2, 0.25) is 0 Å². The fourth-order valence-electron chi connectivity index (χ4n) is 3.45. The molecule has 1 saturated carbocycles. The second-order valence-corrected chi connectivity index (χ2v) is 7.19. The van der Waals surface area contributed by atoms with Crippen LogP contribution >= 0.6 is 0 Å². The zero-order valence-corrected chi connectivity index (χ0v) is 15.3. The average Bonchev–Trinajstić information content (AvgIpc) is 3.50. The SMILES string of the molecule is O=C(Nc1ccccc1-c1noc(C2CC2)n1)N1CCc2cncnc2CC1. The molecule has 8 nitrogen and oxygen atoms in total. The van der Waals surface area contributed by atoms with Gasteiger partial charge in [0.05, 0.1) is 5.69 Å². The summed E-state index contributed by atoms with van der Waals surface area (Å²) in [6.07, 6.45) is 7.07. The molecule has 5 rings (SSSR count). The third-order valence-corrected chi connectivity index (χ3v) is 5.22. The lowest BCUT2D eigenvalue weighted by Crippen LogP contribution is -2.37. The van der Waals surface area contributed by atoms with Crippen LogP contribution in [0.15, 0.2) is 41.3 Å².